The van der Waals surface area contributed by atoms with Crippen LogP contribution in [0.25, 0.3) is 0 Å². The zero-order chi connectivity index (χ0) is 18.6. The summed E-state index contributed by atoms with van der Waals surface area (Å²) < 4.78 is 0. The van der Waals surface area contributed by atoms with Gasteiger partial charge in [-0.05, 0) is 105 Å². The van der Waals surface area contributed by atoms with Crippen molar-refractivity contribution in [2.45, 2.75) is 76.7 Å². The van der Waals surface area contributed by atoms with Gasteiger partial charge in [0, 0.05) is 6.54 Å². The van der Waals surface area contributed by atoms with Crippen LogP contribution in [0.5, 0.6) is 0 Å². The van der Waals surface area contributed by atoms with E-state index in [9.17, 15) is 4.79 Å². The highest BCUT2D eigenvalue weighted by atomic mass is 16.2. The third-order valence-corrected chi connectivity index (χ3v) is 6.65. The average molecular weight is 366 g/mol. The molecule has 4 nitrogen and oxygen atoms in total. The molecule has 144 valence electrons. The highest BCUT2D eigenvalue weighted by Gasteiger charge is 2.28. The highest BCUT2D eigenvalue weighted by molar-refractivity contribution is 5.79. The second-order valence-electron chi connectivity index (χ2n) is 8.35. The van der Waals surface area contributed by atoms with Crippen molar-refractivity contribution in [1.82, 2.24) is 10.2 Å². The first-order chi connectivity index (χ1) is 13.3. The molecule has 1 saturated heterocycles. The number of amides is 1. The van der Waals surface area contributed by atoms with Crippen LogP contribution >= 0.6 is 0 Å². The molecule has 1 heterocycles. The predicted octanol–water partition coefficient (Wildman–Crippen LogP) is 3.09. The number of nitrogens with one attached hydrogen (secondary N) is 1. The summed E-state index contributed by atoms with van der Waals surface area (Å²) in [5.41, 5.74) is 8.04. The van der Waals surface area contributed by atoms with Gasteiger partial charge in [0.25, 0.3) is 0 Å². The van der Waals surface area contributed by atoms with Gasteiger partial charge in [0.15, 0.2) is 0 Å². The van der Waals surface area contributed by atoms with E-state index in [2.05, 4.69) is 17.5 Å². The van der Waals surface area contributed by atoms with E-state index in [4.69, 9.17) is 5.26 Å². The Kier molecular flexibility index (Phi) is 5.78. The molecule has 0 radical (unpaired) electrons. The fourth-order valence-electron chi connectivity index (χ4n) is 5.27. The lowest BCUT2D eigenvalue weighted by atomic mass is 9.78. The fourth-order valence-corrected chi connectivity index (χ4v) is 5.27. The molecule has 1 fully saturated rings. The zero-order valence-corrected chi connectivity index (χ0v) is 16.4. The van der Waals surface area contributed by atoms with Gasteiger partial charge in [0.2, 0.25) is 5.91 Å². The molecule has 4 rings (SSSR count). The zero-order valence-electron chi connectivity index (χ0n) is 16.4. The molecule has 0 unspecified atom stereocenters. The van der Waals surface area contributed by atoms with Gasteiger partial charge >= 0.3 is 0 Å². The van der Waals surface area contributed by atoms with E-state index in [1.165, 1.54) is 51.4 Å². The highest BCUT2D eigenvalue weighted by Crippen LogP contribution is 2.33. The summed E-state index contributed by atoms with van der Waals surface area (Å²) >= 11 is 0. The summed E-state index contributed by atoms with van der Waals surface area (Å²) in [7, 11) is 0. The van der Waals surface area contributed by atoms with Crippen molar-refractivity contribution >= 4 is 5.91 Å². The van der Waals surface area contributed by atoms with Crippen molar-refractivity contribution in [1.29, 1.82) is 5.26 Å². The average Bonchev–Trinajstić information content (AvgIpc) is 3.19. The van der Waals surface area contributed by atoms with Crippen molar-refractivity contribution in [3.05, 3.63) is 33.9 Å². The quantitative estimate of drug-likeness (QED) is 0.816. The molecule has 4 heteroatoms. The molecule has 1 aromatic carbocycles. The van der Waals surface area contributed by atoms with Gasteiger partial charge in [0.1, 0.15) is 6.04 Å². The van der Waals surface area contributed by atoms with Gasteiger partial charge in [-0.25, -0.2) is 0 Å². The Hall–Kier alpha value is -1.86. The van der Waals surface area contributed by atoms with Crippen LogP contribution in [0, 0.1) is 11.3 Å². The second-order valence-corrected chi connectivity index (χ2v) is 8.35. The number of rotatable bonds is 5. The van der Waals surface area contributed by atoms with Gasteiger partial charge in [-0.2, -0.15) is 5.26 Å². The van der Waals surface area contributed by atoms with E-state index >= 15 is 0 Å². The number of carbonyl (C=O) groups is 1. The van der Waals surface area contributed by atoms with Crippen LogP contribution in [0.3, 0.4) is 0 Å². The maximum absolute atomic E-state index is 12.4. The van der Waals surface area contributed by atoms with Gasteiger partial charge in [-0.3, -0.25) is 4.79 Å². The topological polar surface area (TPSA) is 56.1 Å². The standard InChI is InChI=1S/C23H31N3O/c24-15-19-8-5-13-26(19)23(27)16-25-12-11-22-20-9-3-1-6-17(20)14-18-7-2-4-10-21(18)22/h14,19,25H,1-13,16H2/t19-/m0/s1. The van der Waals surface area contributed by atoms with Crippen molar-refractivity contribution in [3.63, 3.8) is 0 Å². The van der Waals surface area contributed by atoms with Crippen LogP contribution in [-0.4, -0.2) is 36.5 Å². The Labute approximate surface area is 162 Å². The molecule has 1 amide bonds. The van der Waals surface area contributed by atoms with E-state index in [-0.39, 0.29) is 11.9 Å². The molecule has 0 aromatic heterocycles. The number of nitriles is 1. The summed E-state index contributed by atoms with van der Waals surface area (Å²) in [5.74, 6) is 0.0798. The molecule has 1 aliphatic heterocycles. The Morgan fingerprint density at radius 1 is 1.07 bits per heavy atom. The van der Waals surface area contributed by atoms with Crippen LogP contribution < -0.4 is 5.32 Å². The molecule has 0 saturated carbocycles. The number of hydrogen-bond donors (Lipinski definition) is 1. The van der Waals surface area contributed by atoms with E-state index < -0.39 is 0 Å². The third-order valence-electron chi connectivity index (χ3n) is 6.65. The van der Waals surface area contributed by atoms with E-state index in [0.717, 1.165) is 32.4 Å². The van der Waals surface area contributed by atoms with Crippen molar-refractivity contribution in [2.75, 3.05) is 19.6 Å². The molecule has 3 aliphatic rings. The van der Waals surface area contributed by atoms with Crippen LogP contribution in [0.15, 0.2) is 6.07 Å². The minimum Gasteiger partial charge on any atom is -0.326 e. The molecule has 1 N–H and O–H groups in total. The minimum absolute atomic E-state index is 0.0798. The van der Waals surface area contributed by atoms with Crippen LogP contribution in [0.4, 0.5) is 0 Å². The summed E-state index contributed by atoms with van der Waals surface area (Å²) in [6.07, 6.45) is 13.0. The first-order valence-electron chi connectivity index (χ1n) is 10.8. The van der Waals surface area contributed by atoms with E-state index in [0.29, 0.717) is 6.54 Å². The number of likely N-dealkylation sites (tertiary alicyclic amines) is 1. The van der Waals surface area contributed by atoms with Gasteiger partial charge in [-0.1, -0.05) is 6.07 Å². The Bertz CT molecular complexity index is 715. The number of benzene rings is 1. The fraction of sp³-hybridized carbons (Fsp3) is 0.652. The van der Waals surface area contributed by atoms with Crippen LogP contribution in [0.2, 0.25) is 0 Å². The molecular formula is C23H31N3O. The SMILES string of the molecule is N#C[C@@H]1CCCN1C(=O)CNCCc1c2c(cc3c1CCCC3)CCCC2. The monoisotopic (exact) mass is 365 g/mol. The smallest absolute Gasteiger partial charge is 0.237 e. The van der Waals surface area contributed by atoms with Crippen LogP contribution in [-0.2, 0) is 36.9 Å². The normalized spacial score (nSPS) is 21.4. The van der Waals surface area contributed by atoms with Crippen molar-refractivity contribution < 1.29 is 4.79 Å². The van der Waals surface area contributed by atoms with Gasteiger partial charge in [-0.15, -0.1) is 0 Å². The number of fused-ring (bicyclic) bond motifs is 2. The Morgan fingerprint density at radius 2 is 1.74 bits per heavy atom. The summed E-state index contributed by atoms with van der Waals surface area (Å²) in [6.45, 7) is 1.94. The largest absolute Gasteiger partial charge is 0.326 e. The lowest BCUT2D eigenvalue weighted by molar-refractivity contribution is -0.130. The maximum Gasteiger partial charge on any atom is 0.237 e. The summed E-state index contributed by atoms with van der Waals surface area (Å²) in [5, 5.41) is 12.5. The van der Waals surface area contributed by atoms with Gasteiger partial charge in [0.05, 0.1) is 12.6 Å². The lowest BCUT2D eigenvalue weighted by Gasteiger charge is -2.28. The first-order valence-corrected chi connectivity index (χ1v) is 10.8. The van der Waals surface area contributed by atoms with Crippen molar-refractivity contribution in [2.24, 2.45) is 0 Å². The number of hydrogen-bond acceptors (Lipinski definition) is 3. The van der Waals surface area contributed by atoms with E-state index in [1.54, 1.807) is 32.7 Å². The molecule has 1 aromatic rings. The molecule has 0 bridgehead atoms. The number of nitrogens with zero attached hydrogens (tertiary/aromatic N) is 2. The summed E-state index contributed by atoms with van der Waals surface area (Å²) in [4.78, 5) is 14.2. The lowest BCUT2D eigenvalue weighted by Crippen LogP contribution is -2.41. The molecule has 2 aliphatic carbocycles. The first kappa shape index (κ1) is 18.5. The molecular weight excluding hydrogens is 334 g/mol. The Morgan fingerprint density at radius 3 is 2.41 bits per heavy atom. The van der Waals surface area contributed by atoms with Crippen LogP contribution in [0.1, 0.15) is 66.3 Å². The minimum atomic E-state index is -0.215. The number of carbonyl (C=O) groups excluding carboxylic acids is 1. The molecule has 0 spiro atoms. The summed E-state index contributed by atoms with van der Waals surface area (Å²) in [6, 6.07) is 4.55. The molecule has 1 atom stereocenters. The third kappa shape index (κ3) is 3.89. The van der Waals surface area contributed by atoms with Gasteiger partial charge < -0.3 is 10.2 Å². The number of aryl methyl sites for hydroxylation is 2. The second kappa shape index (κ2) is 8.44. The Balaban J connectivity index is 1.40. The van der Waals surface area contributed by atoms with Crippen molar-refractivity contribution in [3.8, 4) is 6.07 Å². The predicted molar refractivity (Wildman–Crippen MR) is 107 cm³/mol. The maximum atomic E-state index is 12.4. The molecule has 27 heavy (non-hydrogen) atoms. The van der Waals surface area contributed by atoms with E-state index in [1.807, 2.05) is 0 Å².